The lowest BCUT2D eigenvalue weighted by molar-refractivity contribution is 0.0696. The minimum absolute atomic E-state index is 0.0708. The van der Waals surface area contributed by atoms with E-state index in [2.05, 4.69) is 25.5 Å². The van der Waals surface area contributed by atoms with Crippen LogP contribution in [0.3, 0.4) is 0 Å². The van der Waals surface area contributed by atoms with E-state index in [0.29, 0.717) is 16.4 Å². The summed E-state index contributed by atoms with van der Waals surface area (Å²) in [5, 5.41) is 21.0. The molecule has 0 saturated heterocycles. The van der Waals surface area contributed by atoms with E-state index in [1.54, 1.807) is 24.3 Å². The molecule has 0 unspecified atom stereocenters. The Morgan fingerprint density at radius 2 is 1.50 bits per heavy atom. The van der Waals surface area contributed by atoms with Crippen LogP contribution in [0.5, 0.6) is 0 Å². The Bertz CT molecular complexity index is 1020. The zero-order valence-electron chi connectivity index (χ0n) is 14.0. The number of hydrogen-bond acceptors (Lipinski definition) is 6. The van der Waals surface area contributed by atoms with Crippen molar-refractivity contribution in [2.45, 2.75) is 0 Å². The van der Waals surface area contributed by atoms with Gasteiger partial charge in [0, 0.05) is 27.9 Å². The Hall–Kier alpha value is -3.50. The van der Waals surface area contributed by atoms with Crippen molar-refractivity contribution in [3.8, 4) is 0 Å². The predicted molar refractivity (Wildman–Crippen MR) is 105 cm³/mol. The SMILES string of the molecule is O=C(Nc1ccc(Cl)cc1)Nc1snnc1C(=O)Nc1ccc(C(=O)O)cc1. The van der Waals surface area contributed by atoms with Crippen LogP contribution in [0.25, 0.3) is 0 Å². The second kappa shape index (κ2) is 8.46. The van der Waals surface area contributed by atoms with E-state index < -0.39 is 17.9 Å². The predicted octanol–water partition coefficient (Wildman–Crippen LogP) is 3.79. The van der Waals surface area contributed by atoms with Crippen LogP contribution in [0.2, 0.25) is 5.02 Å². The lowest BCUT2D eigenvalue weighted by Crippen LogP contribution is -2.21. The lowest BCUT2D eigenvalue weighted by atomic mass is 10.2. The molecule has 0 aliphatic carbocycles. The second-order valence-corrected chi connectivity index (χ2v) is 6.56. The first-order valence-corrected chi connectivity index (χ1v) is 8.88. The summed E-state index contributed by atoms with van der Waals surface area (Å²) in [7, 11) is 0. The third-order valence-electron chi connectivity index (χ3n) is 3.42. The summed E-state index contributed by atoms with van der Waals surface area (Å²) in [5.74, 6) is -1.67. The van der Waals surface area contributed by atoms with Gasteiger partial charge in [0.25, 0.3) is 5.91 Å². The average molecular weight is 418 g/mol. The van der Waals surface area contributed by atoms with E-state index in [9.17, 15) is 14.4 Å². The summed E-state index contributed by atoms with van der Waals surface area (Å²) in [5.41, 5.74) is 0.913. The maximum Gasteiger partial charge on any atom is 0.335 e. The Labute approximate surface area is 167 Å². The molecule has 0 fully saturated rings. The molecular formula is C17H12ClN5O4S. The van der Waals surface area contributed by atoms with Crippen LogP contribution in [0, 0.1) is 0 Å². The fourth-order valence-corrected chi connectivity index (χ4v) is 2.79. The molecule has 0 saturated carbocycles. The van der Waals surface area contributed by atoms with Crippen molar-refractivity contribution in [2.24, 2.45) is 0 Å². The van der Waals surface area contributed by atoms with Gasteiger partial charge in [0.15, 0.2) is 10.7 Å². The number of amides is 3. The minimum Gasteiger partial charge on any atom is -0.478 e. The van der Waals surface area contributed by atoms with Crippen molar-refractivity contribution >= 4 is 57.4 Å². The van der Waals surface area contributed by atoms with E-state index in [1.807, 2.05) is 0 Å². The number of benzene rings is 2. The first kappa shape index (κ1) is 19.3. The van der Waals surface area contributed by atoms with Crippen molar-refractivity contribution < 1.29 is 19.5 Å². The smallest absolute Gasteiger partial charge is 0.335 e. The molecule has 3 aromatic rings. The molecule has 0 spiro atoms. The Kier molecular flexibility index (Phi) is 5.82. The number of aromatic carboxylic acids is 1. The number of carbonyl (C=O) groups is 3. The van der Waals surface area contributed by atoms with Gasteiger partial charge in [-0.15, -0.1) is 5.10 Å². The van der Waals surface area contributed by atoms with Crippen LogP contribution in [0.15, 0.2) is 48.5 Å². The molecule has 2 aromatic carbocycles. The number of carboxylic acids is 1. The van der Waals surface area contributed by atoms with Gasteiger partial charge < -0.3 is 15.7 Å². The van der Waals surface area contributed by atoms with E-state index in [1.165, 1.54) is 24.3 Å². The fraction of sp³-hybridized carbons (Fsp3) is 0. The number of anilines is 3. The molecule has 0 radical (unpaired) electrons. The number of nitrogens with one attached hydrogen (secondary N) is 3. The van der Waals surface area contributed by atoms with Crippen LogP contribution in [-0.4, -0.2) is 32.6 Å². The van der Waals surface area contributed by atoms with Gasteiger partial charge in [-0.25, -0.2) is 9.59 Å². The molecule has 28 heavy (non-hydrogen) atoms. The van der Waals surface area contributed by atoms with Crippen molar-refractivity contribution in [3.63, 3.8) is 0 Å². The van der Waals surface area contributed by atoms with Crippen molar-refractivity contribution in [1.82, 2.24) is 9.59 Å². The number of carboxylic acid groups (broad SMARTS) is 1. The fourth-order valence-electron chi connectivity index (χ4n) is 2.11. The van der Waals surface area contributed by atoms with Crippen LogP contribution >= 0.6 is 23.1 Å². The zero-order valence-corrected chi connectivity index (χ0v) is 15.5. The van der Waals surface area contributed by atoms with E-state index in [0.717, 1.165) is 11.5 Å². The van der Waals surface area contributed by atoms with Gasteiger partial charge in [0.1, 0.15) is 0 Å². The topological polar surface area (TPSA) is 133 Å². The molecule has 0 atom stereocenters. The quantitative estimate of drug-likeness (QED) is 0.499. The number of urea groups is 1. The third-order valence-corrected chi connectivity index (χ3v) is 4.32. The summed E-state index contributed by atoms with van der Waals surface area (Å²) < 4.78 is 3.69. The average Bonchev–Trinajstić information content (AvgIpc) is 3.12. The first-order valence-electron chi connectivity index (χ1n) is 7.73. The Morgan fingerprint density at radius 1 is 0.893 bits per heavy atom. The third kappa shape index (κ3) is 4.81. The molecule has 3 rings (SSSR count). The maximum absolute atomic E-state index is 12.4. The van der Waals surface area contributed by atoms with Crippen molar-refractivity contribution in [1.29, 1.82) is 0 Å². The van der Waals surface area contributed by atoms with Gasteiger partial charge in [0.05, 0.1) is 5.56 Å². The number of carbonyl (C=O) groups excluding carboxylic acids is 2. The number of nitrogens with zero attached hydrogens (tertiary/aromatic N) is 2. The maximum atomic E-state index is 12.4. The van der Waals surface area contributed by atoms with Gasteiger partial charge >= 0.3 is 12.0 Å². The van der Waals surface area contributed by atoms with E-state index in [-0.39, 0.29) is 16.3 Å². The van der Waals surface area contributed by atoms with Gasteiger partial charge in [-0.1, -0.05) is 16.1 Å². The molecule has 0 aliphatic heterocycles. The van der Waals surface area contributed by atoms with Crippen LogP contribution in [-0.2, 0) is 0 Å². The highest BCUT2D eigenvalue weighted by molar-refractivity contribution is 7.10. The van der Waals surface area contributed by atoms with E-state index >= 15 is 0 Å². The molecule has 142 valence electrons. The van der Waals surface area contributed by atoms with Gasteiger partial charge in [-0.05, 0) is 48.5 Å². The molecule has 0 bridgehead atoms. The number of hydrogen-bond donors (Lipinski definition) is 4. The summed E-state index contributed by atoms with van der Waals surface area (Å²) in [6, 6.07) is 11.5. The number of rotatable bonds is 5. The highest BCUT2D eigenvalue weighted by Gasteiger charge is 2.19. The summed E-state index contributed by atoms with van der Waals surface area (Å²) in [6.45, 7) is 0. The monoisotopic (exact) mass is 417 g/mol. The Balaban J connectivity index is 1.65. The van der Waals surface area contributed by atoms with Crippen LogP contribution in [0.4, 0.5) is 21.2 Å². The summed E-state index contributed by atoms with van der Waals surface area (Å²) in [6.07, 6.45) is 0. The molecule has 3 amide bonds. The minimum atomic E-state index is -1.07. The highest BCUT2D eigenvalue weighted by Crippen LogP contribution is 2.20. The largest absolute Gasteiger partial charge is 0.478 e. The van der Waals surface area contributed by atoms with Gasteiger partial charge in [-0.2, -0.15) is 0 Å². The first-order chi connectivity index (χ1) is 13.4. The normalized spacial score (nSPS) is 10.2. The highest BCUT2D eigenvalue weighted by atomic mass is 35.5. The standard InChI is InChI=1S/C17H12ClN5O4S/c18-10-3-7-12(8-4-10)20-17(27)21-15-13(22-23-28-15)14(24)19-11-5-1-9(2-6-11)16(25)26/h1-8H,(H,19,24)(H,25,26)(H2,20,21,27). The lowest BCUT2D eigenvalue weighted by Gasteiger charge is -2.07. The van der Waals surface area contributed by atoms with Crippen LogP contribution in [0.1, 0.15) is 20.8 Å². The van der Waals surface area contributed by atoms with E-state index in [4.69, 9.17) is 16.7 Å². The second-order valence-electron chi connectivity index (χ2n) is 5.37. The molecular weight excluding hydrogens is 406 g/mol. The molecule has 0 aliphatic rings. The Morgan fingerprint density at radius 3 is 2.14 bits per heavy atom. The number of halogens is 1. The molecule has 9 nitrogen and oxygen atoms in total. The van der Waals surface area contributed by atoms with Crippen LogP contribution < -0.4 is 16.0 Å². The molecule has 4 N–H and O–H groups in total. The van der Waals surface area contributed by atoms with Crippen molar-refractivity contribution in [3.05, 3.63) is 64.8 Å². The summed E-state index contributed by atoms with van der Waals surface area (Å²) in [4.78, 5) is 35.3. The molecule has 1 heterocycles. The van der Waals surface area contributed by atoms with Gasteiger partial charge in [-0.3, -0.25) is 10.1 Å². The van der Waals surface area contributed by atoms with Crippen molar-refractivity contribution in [2.75, 3.05) is 16.0 Å². The molecule has 11 heteroatoms. The number of aromatic nitrogens is 2. The van der Waals surface area contributed by atoms with Gasteiger partial charge in [0.2, 0.25) is 0 Å². The molecule has 1 aromatic heterocycles. The summed E-state index contributed by atoms with van der Waals surface area (Å²) >= 11 is 6.64. The zero-order chi connectivity index (χ0) is 20.1.